The van der Waals surface area contributed by atoms with Crippen LogP contribution in [0.5, 0.6) is 0 Å². The van der Waals surface area contributed by atoms with Crippen molar-refractivity contribution >= 4 is 17.8 Å². The molecule has 0 aliphatic carbocycles. The maximum Gasteiger partial charge on any atom is 0.321 e. The second-order valence-corrected chi connectivity index (χ2v) is 4.23. The largest absolute Gasteiger partial charge is 0.334 e. The zero-order valence-electron chi connectivity index (χ0n) is 9.23. The third-order valence-corrected chi connectivity index (χ3v) is 2.87. The molecule has 0 atom stereocenters. The fourth-order valence-electron chi connectivity index (χ4n) is 1.29. The molecular formula is C11H13N3OS. The molecule has 4 nitrogen and oxygen atoms in total. The first-order valence-electron chi connectivity index (χ1n) is 4.95. The molecule has 1 heterocycles. The summed E-state index contributed by atoms with van der Waals surface area (Å²) in [5.41, 5.74) is 1.19. The molecule has 5 heteroatoms. The van der Waals surface area contributed by atoms with E-state index in [1.54, 1.807) is 18.7 Å². The lowest BCUT2D eigenvalue weighted by molar-refractivity contribution is 0.425. The third-order valence-electron chi connectivity index (χ3n) is 2.13. The van der Waals surface area contributed by atoms with Crippen LogP contribution in [0.4, 0.5) is 6.01 Å². The van der Waals surface area contributed by atoms with Gasteiger partial charge in [0.05, 0.1) is 0 Å². The molecule has 1 N–H and O–H groups in total. The number of hydrogen-bond acceptors (Lipinski definition) is 5. The molecule has 0 fully saturated rings. The molecule has 0 aliphatic heterocycles. The van der Waals surface area contributed by atoms with Crippen molar-refractivity contribution in [2.75, 3.05) is 11.6 Å². The lowest BCUT2D eigenvalue weighted by Gasteiger charge is -2.02. The quantitative estimate of drug-likeness (QED) is 0.826. The van der Waals surface area contributed by atoms with Gasteiger partial charge in [-0.2, -0.15) is 4.98 Å². The highest BCUT2D eigenvalue weighted by Crippen LogP contribution is 2.15. The van der Waals surface area contributed by atoms with E-state index in [0.717, 1.165) is 0 Å². The number of anilines is 1. The fourth-order valence-corrected chi connectivity index (χ4v) is 1.70. The minimum Gasteiger partial charge on any atom is -0.334 e. The monoisotopic (exact) mass is 235 g/mol. The van der Waals surface area contributed by atoms with Crippen molar-refractivity contribution in [3.63, 3.8) is 0 Å². The molecular weight excluding hydrogens is 222 g/mol. The highest BCUT2D eigenvalue weighted by Gasteiger charge is 2.01. The Morgan fingerprint density at radius 1 is 1.31 bits per heavy atom. The molecule has 2 rings (SSSR count). The summed E-state index contributed by atoms with van der Waals surface area (Å²) in [5.74, 6) is 0.639. The Bertz CT molecular complexity index is 453. The first-order chi connectivity index (χ1) is 7.78. The van der Waals surface area contributed by atoms with E-state index in [1.165, 1.54) is 10.5 Å². The lowest BCUT2D eigenvalue weighted by Crippen LogP contribution is -1.99. The summed E-state index contributed by atoms with van der Waals surface area (Å²) >= 11 is 1.73. The van der Waals surface area contributed by atoms with Gasteiger partial charge in [0.15, 0.2) is 5.82 Å². The summed E-state index contributed by atoms with van der Waals surface area (Å²) in [7, 11) is 0. The predicted molar refractivity (Wildman–Crippen MR) is 64.6 cm³/mol. The van der Waals surface area contributed by atoms with Crippen LogP contribution in [-0.4, -0.2) is 16.4 Å². The highest BCUT2D eigenvalue weighted by atomic mass is 32.2. The topological polar surface area (TPSA) is 51.0 Å². The average Bonchev–Trinajstić information content (AvgIpc) is 2.73. The second kappa shape index (κ2) is 5.03. The van der Waals surface area contributed by atoms with Crippen molar-refractivity contribution in [3.8, 4) is 0 Å². The van der Waals surface area contributed by atoms with Crippen LogP contribution in [0.1, 0.15) is 11.4 Å². The second-order valence-electron chi connectivity index (χ2n) is 3.35. The molecule has 2 aromatic rings. The lowest BCUT2D eigenvalue weighted by atomic mass is 10.2. The molecule has 0 amide bonds. The molecule has 0 saturated carbocycles. The van der Waals surface area contributed by atoms with E-state index in [9.17, 15) is 0 Å². The smallest absolute Gasteiger partial charge is 0.321 e. The molecule has 0 unspecified atom stereocenters. The standard InChI is InChI=1S/C11H13N3OS/c1-8-13-11(15-14-8)12-7-9-3-5-10(16-2)6-4-9/h3-6H,7H2,1-2H3,(H,12,13,14). The summed E-state index contributed by atoms with van der Waals surface area (Å²) < 4.78 is 4.95. The van der Waals surface area contributed by atoms with Crippen molar-refractivity contribution < 1.29 is 4.52 Å². The van der Waals surface area contributed by atoms with Gasteiger partial charge in [-0.25, -0.2) is 0 Å². The van der Waals surface area contributed by atoms with Crippen LogP contribution in [0.3, 0.4) is 0 Å². The normalized spacial score (nSPS) is 10.4. The Balaban J connectivity index is 1.94. The molecule has 1 aromatic heterocycles. The number of hydrogen-bond donors (Lipinski definition) is 1. The van der Waals surface area contributed by atoms with Crippen LogP contribution in [0.25, 0.3) is 0 Å². The van der Waals surface area contributed by atoms with Crippen LogP contribution in [0.15, 0.2) is 33.7 Å². The number of rotatable bonds is 4. The van der Waals surface area contributed by atoms with E-state index in [2.05, 4.69) is 46.0 Å². The maximum atomic E-state index is 4.95. The third kappa shape index (κ3) is 2.76. The molecule has 0 radical (unpaired) electrons. The van der Waals surface area contributed by atoms with Crippen LogP contribution in [0.2, 0.25) is 0 Å². The maximum absolute atomic E-state index is 4.95. The van der Waals surface area contributed by atoms with Gasteiger partial charge in [0, 0.05) is 11.4 Å². The Hall–Kier alpha value is -1.49. The SMILES string of the molecule is CSc1ccc(CNc2nc(C)no2)cc1. The van der Waals surface area contributed by atoms with Gasteiger partial charge in [0.2, 0.25) is 0 Å². The summed E-state index contributed by atoms with van der Waals surface area (Å²) in [4.78, 5) is 5.33. The van der Waals surface area contributed by atoms with Gasteiger partial charge >= 0.3 is 6.01 Å². The number of nitrogens with zero attached hydrogens (tertiary/aromatic N) is 2. The van der Waals surface area contributed by atoms with Crippen molar-refractivity contribution in [1.82, 2.24) is 10.1 Å². The van der Waals surface area contributed by atoms with E-state index >= 15 is 0 Å². The zero-order chi connectivity index (χ0) is 11.4. The number of thioether (sulfide) groups is 1. The number of benzene rings is 1. The highest BCUT2D eigenvalue weighted by molar-refractivity contribution is 7.98. The Labute approximate surface area is 98.4 Å². The van der Waals surface area contributed by atoms with Gasteiger partial charge in [-0.05, 0) is 30.9 Å². The molecule has 84 valence electrons. The molecule has 0 bridgehead atoms. The van der Waals surface area contributed by atoms with Crippen molar-refractivity contribution in [1.29, 1.82) is 0 Å². The van der Waals surface area contributed by atoms with Crippen molar-refractivity contribution in [3.05, 3.63) is 35.7 Å². The van der Waals surface area contributed by atoms with Crippen molar-refractivity contribution in [2.24, 2.45) is 0 Å². The van der Waals surface area contributed by atoms with Crippen LogP contribution in [-0.2, 0) is 6.54 Å². The van der Waals surface area contributed by atoms with Crippen LogP contribution in [0, 0.1) is 6.92 Å². The van der Waals surface area contributed by atoms with Crippen LogP contribution < -0.4 is 5.32 Å². The molecule has 0 spiro atoms. The molecule has 0 saturated heterocycles. The minimum absolute atomic E-state index is 0.464. The minimum atomic E-state index is 0.464. The number of nitrogens with one attached hydrogen (secondary N) is 1. The summed E-state index contributed by atoms with van der Waals surface area (Å²) in [6, 6.07) is 8.83. The molecule has 1 aromatic carbocycles. The zero-order valence-corrected chi connectivity index (χ0v) is 10.0. The first-order valence-corrected chi connectivity index (χ1v) is 6.17. The average molecular weight is 235 g/mol. The van der Waals surface area contributed by atoms with E-state index in [0.29, 0.717) is 18.4 Å². The Morgan fingerprint density at radius 2 is 2.06 bits per heavy atom. The van der Waals surface area contributed by atoms with Gasteiger partial charge in [-0.3, -0.25) is 0 Å². The van der Waals surface area contributed by atoms with E-state index in [1.807, 2.05) is 0 Å². The molecule has 0 aliphatic rings. The van der Waals surface area contributed by atoms with Crippen LogP contribution >= 0.6 is 11.8 Å². The summed E-state index contributed by atoms with van der Waals surface area (Å²) in [6.45, 7) is 2.48. The first kappa shape index (κ1) is 11.0. The Morgan fingerprint density at radius 3 is 2.62 bits per heavy atom. The van der Waals surface area contributed by atoms with Gasteiger partial charge in [0.1, 0.15) is 0 Å². The number of aryl methyl sites for hydroxylation is 1. The fraction of sp³-hybridized carbons (Fsp3) is 0.273. The summed E-state index contributed by atoms with van der Waals surface area (Å²) in [6.07, 6.45) is 2.06. The van der Waals surface area contributed by atoms with Crippen molar-refractivity contribution in [2.45, 2.75) is 18.4 Å². The number of aromatic nitrogens is 2. The van der Waals surface area contributed by atoms with Gasteiger partial charge in [-0.1, -0.05) is 17.3 Å². The van der Waals surface area contributed by atoms with Gasteiger partial charge in [0.25, 0.3) is 0 Å². The van der Waals surface area contributed by atoms with Gasteiger partial charge < -0.3 is 9.84 Å². The van der Waals surface area contributed by atoms with Gasteiger partial charge in [-0.15, -0.1) is 11.8 Å². The van der Waals surface area contributed by atoms with E-state index in [4.69, 9.17) is 4.52 Å². The Kier molecular flexibility index (Phi) is 3.46. The summed E-state index contributed by atoms with van der Waals surface area (Å²) in [5, 5.41) is 6.78. The predicted octanol–water partition coefficient (Wildman–Crippen LogP) is 2.71. The molecule has 16 heavy (non-hydrogen) atoms. The van der Waals surface area contributed by atoms with E-state index < -0.39 is 0 Å². The van der Waals surface area contributed by atoms with E-state index in [-0.39, 0.29) is 0 Å².